The van der Waals surface area contributed by atoms with Gasteiger partial charge >= 0.3 is 0 Å². The van der Waals surface area contributed by atoms with Crippen LogP contribution in [0.25, 0.3) is 0 Å². The zero-order chi connectivity index (χ0) is 15.0. The molecule has 1 aliphatic heterocycles. The Bertz CT molecular complexity index is 552. The fraction of sp³-hybridized carbons (Fsp3) is 0.533. The molecule has 0 radical (unpaired) electrons. The third-order valence-corrected chi connectivity index (χ3v) is 4.46. The van der Waals surface area contributed by atoms with Crippen molar-refractivity contribution in [1.82, 2.24) is 4.90 Å². The van der Waals surface area contributed by atoms with Gasteiger partial charge in [-0.2, -0.15) is 0 Å². The normalized spacial score (nSPS) is 28.6. The number of rotatable bonds is 3. The van der Waals surface area contributed by atoms with Gasteiger partial charge < -0.3 is 10.4 Å². The van der Waals surface area contributed by atoms with Gasteiger partial charge in [-0.05, 0) is 30.9 Å². The lowest BCUT2D eigenvalue weighted by molar-refractivity contribution is -0.117. The first-order valence-electron chi connectivity index (χ1n) is 7.18. The molecule has 1 aliphatic carbocycles. The van der Waals surface area contributed by atoms with E-state index in [1.54, 1.807) is 0 Å². The van der Waals surface area contributed by atoms with Gasteiger partial charge in [0.15, 0.2) is 0 Å². The number of amides is 1. The minimum Gasteiger partial charge on any atom is -0.393 e. The number of carbonyl (C=O) groups is 1. The third-order valence-electron chi connectivity index (χ3n) is 4.46. The molecule has 2 N–H and O–H groups in total. The largest absolute Gasteiger partial charge is 0.393 e. The molecule has 3 atom stereocenters. The maximum atomic E-state index is 13.5. The molecule has 0 spiro atoms. The first kappa shape index (κ1) is 14.4. The van der Waals surface area contributed by atoms with Gasteiger partial charge in [0.1, 0.15) is 11.6 Å². The average molecular weight is 296 g/mol. The van der Waals surface area contributed by atoms with E-state index in [1.165, 1.54) is 0 Å². The number of halogens is 2. The highest BCUT2D eigenvalue weighted by Gasteiger charge is 2.42. The summed E-state index contributed by atoms with van der Waals surface area (Å²) in [5, 5.41) is 12.2. The summed E-state index contributed by atoms with van der Waals surface area (Å²) in [6, 6.07) is 2.96. The Morgan fingerprint density at radius 1 is 1.33 bits per heavy atom. The fourth-order valence-electron chi connectivity index (χ4n) is 3.44. The summed E-state index contributed by atoms with van der Waals surface area (Å²) in [4.78, 5) is 13.9. The quantitative estimate of drug-likeness (QED) is 0.891. The molecule has 1 heterocycles. The summed E-state index contributed by atoms with van der Waals surface area (Å²) in [7, 11) is 0. The number of hydrogen-bond donors (Lipinski definition) is 2. The van der Waals surface area contributed by atoms with Crippen molar-refractivity contribution in [2.24, 2.45) is 11.8 Å². The number of fused-ring (bicyclic) bond motifs is 1. The number of anilines is 1. The summed E-state index contributed by atoms with van der Waals surface area (Å²) in [5.41, 5.74) is -0.139. The highest BCUT2D eigenvalue weighted by molar-refractivity contribution is 5.92. The van der Waals surface area contributed by atoms with Gasteiger partial charge in [-0.3, -0.25) is 9.69 Å². The van der Waals surface area contributed by atoms with E-state index in [-0.39, 0.29) is 30.2 Å². The Hall–Kier alpha value is -1.53. The maximum Gasteiger partial charge on any atom is 0.238 e. The smallest absolute Gasteiger partial charge is 0.238 e. The minimum absolute atomic E-state index is 0.135. The topological polar surface area (TPSA) is 52.6 Å². The van der Waals surface area contributed by atoms with Crippen LogP contribution in [0.4, 0.5) is 14.5 Å². The van der Waals surface area contributed by atoms with Crippen LogP contribution >= 0.6 is 0 Å². The Morgan fingerprint density at radius 2 is 2.14 bits per heavy atom. The molecule has 3 rings (SSSR count). The second kappa shape index (κ2) is 5.69. The lowest BCUT2D eigenvalue weighted by Crippen LogP contribution is -2.33. The number of benzene rings is 1. The van der Waals surface area contributed by atoms with Gasteiger partial charge in [-0.25, -0.2) is 8.78 Å². The van der Waals surface area contributed by atoms with E-state index in [0.717, 1.165) is 37.6 Å². The number of hydrogen-bond acceptors (Lipinski definition) is 3. The number of nitrogens with zero attached hydrogens (tertiary/aromatic N) is 1. The van der Waals surface area contributed by atoms with Gasteiger partial charge in [0.05, 0.1) is 18.3 Å². The Morgan fingerprint density at radius 3 is 2.90 bits per heavy atom. The number of nitrogens with one attached hydrogen (secondary N) is 1. The predicted octanol–water partition coefficient (Wildman–Crippen LogP) is 1.61. The lowest BCUT2D eigenvalue weighted by Gasteiger charge is -2.17. The van der Waals surface area contributed by atoms with Crippen molar-refractivity contribution in [3.63, 3.8) is 0 Å². The monoisotopic (exact) mass is 296 g/mol. The van der Waals surface area contributed by atoms with Gasteiger partial charge in [-0.15, -0.1) is 0 Å². The van der Waals surface area contributed by atoms with E-state index in [9.17, 15) is 18.7 Å². The van der Waals surface area contributed by atoms with Gasteiger partial charge in [0, 0.05) is 25.1 Å². The Kier molecular flexibility index (Phi) is 3.91. The standard InChI is InChI=1S/C15H18F2N2O2/c16-10-2-3-12(17)13(5-10)18-15(21)8-19-6-9-1-4-14(20)11(9)7-19/h2-3,5,9,11,14,20H,1,4,6-8H2,(H,18,21). The molecule has 21 heavy (non-hydrogen) atoms. The van der Waals surface area contributed by atoms with Crippen LogP contribution in [0.5, 0.6) is 0 Å². The molecule has 2 aliphatic rings. The molecule has 114 valence electrons. The fourth-order valence-corrected chi connectivity index (χ4v) is 3.44. The SMILES string of the molecule is O=C(CN1CC2CCC(O)C2C1)Nc1cc(F)ccc1F. The average Bonchev–Trinajstić information content (AvgIpc) is 2.96. The van der Waals surface area contributed by atoms with E-state index >= 15 is 0 Å². The first-order chi connectivity index (χ1) is 10.0. The Labute approximate surface area is 121 Å². The van der Waals surface area contributed by atoms with Crippen LogP contribution in [0.1, 0.15) is 12.8 Å². The molecule has 0 aromatic heterocycles. The van der Waals surface area contributed by atoms with Crippen molar-refractivity contribution in [3.8, 4) is 0 Å². The summed E-state index contributed by atoms with van der Waals surface area (Å²) < 4.78 is 26.5. The third kappa shape index (κ3) is 3.06. The molecular weight excluding hydrogens is 278 g/mol. The van der Waals surface area contributed by atoms with E-state index in [2.05, 4.69) is 5.32 Å². The van der Waals surface area contributed by atoms with E-state index in [0.29, 0.717) is 12.5 Å². The molecule has 3 unspecified atom stereocenters. The minimum atomic E-state index is -0.654. The number of likely N-dealkylation sites (tertiary alicyclic amines) is 1. The van der Waals surface area contributed by atoms with E-state index < -0.39 is 11.6 Å². The van der Waals surface area contributed by atoms with Crippen molar-refractivity contribution >= 4 is 11.6 Å². The van der Waals surface area contributed by atoms with Crippen molar-refractivity contribution in [3.05, 3.63) is 29.8 Å². The van der Waals surface area contributed by atoms with Gasteiger partial charge in [0.25, 0.3) is 0 Å². The summed E-state index contributed by atoms with van der Waals surface area (Å²) >= 11 is 0. The molecule has 1 saturated carbocycles. The molecule has 1 aromatic rings. The molecular formula is C15H18F2N2O2. The number of carbonyl (C=O) groups excluding carboxylic acids is 1. The molecule has 6 heteroatoms. The molecule has 4 nitrogen and oxygen atoms in total. The molecule has 1 aromatic carbocycles. The number of aliphatic hydroxyl groups excluding tert-OH is 1. The summed E-state index contributed by atoms with van der Waals surface area (Å²) in [5.74, 6) is -0.930. The number of aliphatic hydroxyl groups is 1. The molecule has 1 saturated heterocycles. The van der Waals surface area contributed by atoms with Crippen molar-refractivity contribution in [2.45, 2.75) is 18.9 Å². The molecule has 1 amide bonds. The summed E-state index contributed by atoms with van der Waals surface area (Å²) in [6.07, 6.45) is 1.55. The van der Waals surface area contributed by atoms with Gasteiger partial charge in [-0.1, -0.05) is 0 Å². The van der Waals surface area contributed by atoms with E-state index in [1.807, 2.05) is 4.90 Å². The zero-order valence-electron chi connectivity index (χ0n) is 11.6. The predicted molar refractivity (Wildman–Crippen MR) is 73.6 cm³/mol. The van der Waals surface area contributed by atoms with Crippen LogP contribution in [0.15, 0.2) is 18.2 Å². The first-order valence-corrected chi connectivity index (χ1v) is 7.18. The van der Waals surface area contributed by atoms with Crippen LogP contribution < -0.4 is 5.32 Å². The van der Waals surface area contributed by atoms with Crippen LogP contribution in [0.2, 0.25) is 0 Å². The Balaban J connectivity index is 1.57. The second-order valence-electron chi connectivity index (χ2n) is 5.94. The van der Waals surface area contributed by atoms with Crippen molar-refractivity contribution in [1.29, 1.82) is 0 Å². The molecule has 0 bridgehead atoms. The maximum absolute atomic E-state index is 13.5. The van der Waals surface area contributed by atoms with E-state index in [4.69, 9.17) is 0 Å². The van der Waals surface area contributed by atoms with Crippen LogP contribution in [-0.2, 0) is 4.79 Å². The highest BCUT2D eigenvalue weighted by Crippen LogP contribution is 2.37. The van der Waals surface area contributed by atoms with Gasteiger partial charge in [0.2, 0.25) is 5.91 Å². The van der Waals surface area contributed by atoms with Crippen LogP contribution in [0, 0.1) is 23.5 Å². The van der Waals surface area contributed by atoms with Crippen molar-refractivity contribution < 1.29 is 18.7 Å². The second-order valence-corrected chi connectivity index (χ2v) is 5.94. The van der Waals surface area contributed by atoms with Crippen LogP contribution in [0.3, 0.4) is 0 Å². The lowest BCUT2D eigenvalue weighted by atomic mass is 10.00. The van der Waals surface area contributed by atoms with Crippen LogP contribution in [-0.4, -0.2) is 41.7 Å². The van der Waals surface area contributed by atoms with Crippen molar-refractivity contribution in [2.75, 3.05) is 25.0 Å². The highest BCUT2D eigenvalue weighted by atomic mass is 19.1. The molecule has 2 fully saturated rings. The zero-order valence-corrected chi connectivity index (χ0v) is 11.6. The summed E-state index contributed by atoms with van der Waals surface area (Å²) in [6.45, 7) is 1.60.